The predicted octanol–water partition coefficient (Wildman–Crippen LogP) is 0.696. The molecule has 0 aromatic carbocycles. The van der Waals surface area contributed by atoms with Crippen molar-refractivity contribution in [3.05, 3.63) is 23.5 Å². The molecule has 0 unspecified atom stereocenters. The number of rotatable bonds is 6. The van der Waals surface area contributed by atoms with Gasteiger partial charge in [-0.05, 0) is 13.0 Å². The number of esters is 1. The first kappa shape index (κ1) is 17.2. The maximum atomic E-state index is 12.2. The number of amides is 1. The maximum Gasteiger partial charge on any atom is 0.354 e. The van der Waals surface area contributed by atoms with E-state index in [0.29, 0.717) is 0 Å². The van der Waals surface area contributed by atoms with Gasteiger partial charge in [-0.1, -0.05) is 6.92 Å². The van der Waals surface area contributed by atoms with E-state index in [-0.39, 0.29) is 28.7 Å². The van der Waals surface area contributed by atoms with Crippen molar-refractivity contribution in [1.82, 2.24) is 9.88 Å². The number of aromatic nitrogens is 1. The van der Waals surface area contributed by atoms with Crippen LogP contribution in [0.4, 0.5) is 0 Å². The largest absolute Gasteiger partial charge is 0.464 e. The lowest BCUT2D eigenvalue weighted by atomic mass is 10.2. The van der Waals surface area contributed by atoms with E-state index >= 15 is 0 Å². The molecule has 8 heteroatoms. The SMILES string of the molecule is CCS(=O)(=O)C[C@@H](C)N(C)C(=O)c1c[nH]c(C(=O)OC)c1. The number of nitrogens with zero attached hydrogens (tertiary/aromatic N) is 1. The van der Waals surface area contributed by atoms with Gasteiger partial charge in [-0.25, -0.2) is 13.2 Å². The molecule has 118 valence electrons. The van der Waals surface area contributed by atoms with Crippen molar-refractivity contribution >= 4 is 21.7 Å². The number of carbonyl (C=O) groups is 2. The van der Waals surface area contributed by atoms with Crippen molar-refractivity contribution in [2.45, 2.75) is 19.9 Å². The summed E-state index contributed by atoms with van der Waals surface area (Å²) in [6, 6.07) is 0.921. The third-order valence-electron chi connectivity index (χ3n) is 3.25. The van der Waals surface area contributed by atoms with Gasteiger partial charge in [-0.15, -0.1) is 0 Å². The highest BCUT2D eigenvalue weighted by atomic mass is 32.2. The van der Waals surface area contributed by atoms with Gasteiger partial charge in [0.15, 0.2) is 9.84 Å². The first-order chi connectivity index (χ1) is 9.71. The van der Waals surface area contributed by atoms with E-state index in [1.54, 1.807) is 13.8 Å². The Kier molecular flexibility index (Phi) is 5.54. The Morgan fingerprint density at radius 2 is 2.05 bits per heavy atom. The lowest BCUT2D eigenvalue weighted by Gasteiger charge is -2.24. The van der Waals surface area contributed by atoms with Crippen molar-refractivity contribution in [3.63, 3.8) is 0 Å². The fourth-order valence-electron chi connectivity index (χ4n) is 1.75. The highest BCUT2D eigenvalue weighted by molar-refractivity contribution is 7.91. The molecular formula is C13H20N2O5S. The second kappa shape index (κ2) is 6.75. The Labute approximate surface area is 124 Å². The van der Waals surface area contributed by atoms with E-state index in [9.17, 15) is 18.0 Å². The summed E-state index contributed by atoms with van der Waals surface area (Å²) in [5.41, 5.74) is 0.446. The molecule has 1 aromatic heterocycles. The van der Waals surface area contributed by atoms with Gasteiger partial charge >= 0.3 is 5.97 Å². The van der Waals surface area contributed by atoms with E-state index < -0.39 is 21.8 Å². The van der Waals surface area contributed by atoms with Crippen LogP contribution in [0.3, 0.4) is 0 Å². The molecule has 1 aromatic rings. The van der Waals surface area contributed by atoms with Gasteiger partial charge in [0, 0.05) is 25.0 Å². The molecule has 0 saturated carbocycles. The lowest BCUT2D eigenvalue weighted by Crippen LogP contribution is -2.39. The Balaban J connectivity index is 2.83. The van der Waals surface area contributed by atoms with Gasteiger partial charge in [0.1, 0.15) is 5.69 Å². The number of ether oxygens (including phenoxy) is 1. The summed E-state index contributed by atoms with van der Waals surface area (Å²) in [5.74, 6) is -0.991. The monoisotopic (exact) mass is 316 g/mol. The zero-order valence-electron chi connectivity index (χ0n) is 12.5. The minimum Gasteiger partial charge on any atom is -0.464 e. The van der Waals surface area contributed by atoms with Crippen LogP contribution in [0.1, 0.15) is 34.7 Å². The molecule has 0 aliphatic carbocycles. The van der Waals surface area contributed by atoms with Crippen LogP contribution >= 0.6 is 0 Å². The van der Waals surface area contributed by atoms with Crippen LogP contribution in [0.25, 0.3) is 0 Å². The molecular weight excluding hydrogens is 296 g/mol. The number of hydrogen-bond acceptors (Lipinski definition) is 5. The molecule has 0 aliphatic heterocycles. The zero-order valence-corrected chi connectivity index (χ0v) is 13.4. The van der Waals surface area contributed by atoms with Crippen LogP contribution in [0, 0.1) is 0 Å². The minimum atomic E-state index is -3.17. The Morgan fingerprint density at radius 1 is 1.43 bits per heavy atom. The summed E-state index contributed by atoms with van der Waals surface area (Å²) in [6.45, 7) is 3.23. The van der Waals surface area contributed by atoms with Crippen LogP contribution in [-0.4, -0.2) is 61.9 Å². The molecule has 1 heterocycles. The van der Waals surface area contributed by atoms with E-state index in [2.05, 4.69) is 9.72 Å². The second-order valence-electron chi connectivity index (χ2n) is 4.76. The lowest BCUT2D eigenvalue weighted by molar-refractivity contribution is 0.0595. The van der Waals surface area contributed by atoms with Gasteiger partial charge in [0.05, 0.1) is 18.4 Å². The second-order valence-corrected chi connectivity index (χ2v) is 7.16. The van der Waals surface area contributed by atoms with Gasteiger partial charge in [-0.2, -0.15) is 0 Å². The minimum absolute atomic E-state index is 0.0377. The van der Waals surface area contributed by atoms with Crippen molar-refractivity contribution in [1.29, 1.82) is 0 Å². The molecule has 0 bridgehead atoms. The molecule has 1 N–H and O–H groups in total. The fourth-order valence-corrected chi connectivity index (χ4v) is 2.94. The molecule has 1 amide bonds. The zero-order chi connectivity index (χ0) is 16.2. The number of methoxy groups -OCH3 is 1. The van der Waals surface area contributed by atoms with Gasteiger partial charge in [-0.3, -0.25) is 4.79 Å². The Hall–Kier alpha value is -1.83. The van der Waals surface area contributed by atoms with E-state index in [0.717, 1.165) is 0 Å². The molecule has 21 heavy (non-hydrogen) atoms. The van der Waals surface area contributed by atoms with Gasteiger partial charge in [0.25, 0.3) is 5.91 Å². The first-order valence-corrected chi connectivity index (χ1v) is 8.28. The highest BCUT2D eigenvalue weighted by Gasteiger charge is 2.23. The van der Waals surface area contributed by atoms with Gasteiger partial charge in [0.2, 0.25) is 0 Å². The quantitative estimate of drug-likeness (QED) is 0.779. The molecule has 0 saturated heterocycles. The summed E-state index contributed by atoms with van der Waals surface area (Å²) in [6.07, 6.45) is 1.39. The Bertz CT molecular complexity index is 620. The predicted molar refractivity (Wildman–Crippen MR) is 78.0 cm³/mol. The number of hydrogen-bond donors (Lipinski definition) is 1. The van der Waals surface area contributed by atoms with Crippen molar-refractivity contribution in [2.75, 3.05) is 25.7 Å². The van der Waals surface area contributed by atoms with E-state index in [1.165, 1.54) is 31.3 Å². The maximum absolute atomic E-state index is 12.2. The first-order valence-electron chi connectivity index (χ1n) is 6.46. The fraction of sp³-hybridized carbons (Fsp3) is 0.538. The molecule has 0 fully saturated rings. The van der Waals surface area contributed by atoms with Crippen molar-refractivity contribution in [3.8, 4) is 0 Å². The van der Waals surface area contributed by atoms with E-state index in [4.69, 9.17) is 0 Å². The number of H-pyrrole nitrogens is 1. The van der Waals surface area contributed by atoms with Crippen LogP contribution in [0.5, 0.6) is 0 Å². The van der Waals surface area contributed by atoms with Crippen LogP contribution in [0.2, 0.25) is 0 Å². The highest BCUT2D eigenvalue weighted by Crippen LogP contribution is 2.11. The van der Waals surface area contributed by atoms with E-state index in [1.807, 2.05) is 0 Å². The van der Waals surface area contributed by atoms with Crippen LogP contribution in [-0.2, 0) is 14.6 Å². The summed E-state index contributed by atoms with van der Waals surface area (Å²) < 4.78 is 27.7. The number of carbonyl (C=O) groups excluding carboxylic acids is 2. The number of aromatic amines is 1. The topological polar surface area (TPSA) is 96.5 Å². The van der Waals surface area contributed by atoms with Crippen molar-refractivity contribution < 1.29 is 22.7 Å². The van der Waals surface area contributed by atoms with Crippen LogP contribution in [0.15, 0.2) is 12.3 Å². The van der Waals surface area contributed by atoms with Crippen molar-refractivity contribution in [2.24, 2.45) is 0 Å². The summed E-state index contributed by atoms with van der Waals surface area (Å²) in [4.78, 5) is 27.6. The van der Waals surface area contributed by atoms with Gasteiger partial charge < -0.3 is 14.6 Å². The summed E-state index contributed by atoms with van der Waals surface area (Å²) in [7, 11) is -0.392. The van der Waals surface area contributed by atoms with Crippen LogP contribution < -0.4 is 0 Å². The third-order valence-corrected chi connectivity index (χ3v) is 5.12. The molecule has 0 aliphatic rings. The summed E-state index contributed by atoms with van der Waals surface area (Å²) in [5, 5.41) is 0. The summed E-state index contributed by atoms with van der Waals surface area (Å²) >= 11 is 0. The third kappa shape index (κ3) is 4.32. The molecule has 0 radical (unpaired) electrons. The number of sulfone groups is 1. The molecule has 7 nitrogen and oxygen atoms in total. The number of nitrogens with one attached hydrogen (secondary N) is 1. The standard InChI is InChI=1S/C13H20N2O5S/c1-5-21(18,19)8-9(2)15(3)12(16)10-6-11(14-7-10)13(17)20-4/h6-7,9,14H,5,8H2,1-4H3/t9-/m1/s1. The molecule has 1 atom stereocenters. The average molecular weight is 316 g/mol. The average Bonchev–Trinajstić information content (AvgIpc) is 2.94. The molecule has 0 spiro atoms. The molecule has 1 rings (SSSR count). The smallest absolute Gasteiger partial charge is 0.354 e. The Morgan fingerprint density at radius 3 is 2.57 bits per heavy atom. The normalized spacial score (nSPS) is 12.8.